The van der Waals surface area contributed by atoms with E-state index >= 15 is 0 Å². The van der Waals surface area contributed by atoms with E-state index < -0.39 is 11.6 Å². The summed E-state index contributed by atoms with van der Waals surface area (Å²) in [7, 11) is 0. The molecule has 3 nitrogen and oxygen atoms in total. The largest absolute Gasteiger partial charge is 0.342 e. The lowest BCUT2D eigenvalue weighted by atomic mass is 10.1. The molecule has 2 N–H and O–H groups in total. The number of hydrogen-bond acceptors (Lipinski definition) is 2. The Kier molecular flexibility index (Phi) is 6.42. The van der Waals surface area contributed by atoms with Gasteiger partial charge in [0.15, 0.2) is 11.6 Å². The van der Waals surface area contributed by atoms with E-state index in [-0.39, 0.29) is 17.9 Å². The van der Waals surface area contributed by atoms with Crippen LogP contribution in [0.2, 0.25) is 0 Å². The molecule has 0 saturated carbocycles. The first-order valence-corrected chi connectivity index (χ1v) is 6.50. The molecule has 0 aromatic heterocycles. The fraction of sp³-hybridized carbons (Fsp3) is 0.500. The minimum absolute atomic E-state index is 0.0962. The van der Waals surface area contributed by atoms with Gasteiger partial charge in [0.25, 0.3) is 0 Å². The number of rotatable bonds is 7. The molecule has 0 aliphatic rings. The predicted molar refractivity (Wildman–Crippen MR) is 70.6 cm³/mol. The van der Waals surface area contributed by atoms with Gasteiger partial charge in [-0.2, -0.15) is 0 Å². The highest BCUT2D eigenvalue weighted by Crippen LogP contribution is 2.13. The second kappa shape index (κ2) is 7.84. The number of nitrogens with zero attached hydrogens (tertiary/aromatic N) is 1. The highest BCUT2D eigenvalue weighted by atomic mass is 19.2. The van der Waals surface area contributed by atoms with E-state index in [2.05, 4.69) is 0 Å². The van der Waals surface area contributed by atoms with Crippen molar-refractivity contribution in [1.29, 1.82) is 0 Å². The molecule has 0 radical (unpaired) electrons. The standard InChI is InChI=1S/C14H20F2N2O/c1-2-8-18(9-4-7-17)13(19)10-11-5-3-6-12(15)14(11)16/h3,5-6H,2,4,7-10,17H2,1H3. The number of halogens is 2. The summed E-state index contributed by atoms with van der Waals surface area (Å²) in [6, 6.07) is 3.88. The number of nitrogens with two attached hydrogens (primary N) is 1. The molecule has 0 fully saturated rings. The van der Waals surface area contributed by atoms with Crippen molar-refractivity contribution in [2.75, 3.05) is 19.6 Å². The zero-order valence-corrected chi connectivity index (χ0v) is 11.2. The van der Waals surface area contributed by atoms with Gasteiger partial charge in [0, 0.05) is 18.7 Å². The van der Waals surface area contributed by atoms with Crippen molar-refractivity contribution in [3.63, 3.8) is 0 Å². The first-order valence-electron chi connectivity index (χ1n) is 6.50. The van der Waals surface area contributed by atoms with E-state index in [1.807, 2.05) is 6.92 Å². The molecule has 1 aromatic carbocycles. The van der Waals surface area contributed by atoms with Crippen molar-refractivity contribution in [1.82, 2.24) is 4.90 Å². The molecule has 1 amide bonds. The van der Waals surface area contributed by atoms with Gasteiger partial charge >= 0.3 is 0 Å². The third-order valence-corrected chi connectivity index (χ3v) is 2.85. The minimum Gasteiger partial charge on any atom is -0.342 e. The molecule has 106 valence electrons. The van der Waals surface area contributed by atoms with E-state index in [0.29, 0.717) is 26.1 Å². The van der Waals surface area contributed by atoms with Crippen LogP contribution < -0.4 is 5.73 Å². The molecule has 5 heteroatoms. The topological polar surface area (TPSA) is 46.3 Å². The van der Waals surface area contributed by atoms with Crippen LogP contribution in [0.5, 0.6) is 0 Å². The van der Waals surface area contributed by atoms with Gasteiger partial charge < -0.3 is 10.6 Å². The van der Waals surface area contributed by atoms with Crippen LogP contribution in [0, 0.1) is 11.6 Å². The first-order chi connectivity index (χ1) is 9.10. The fourth-order valence-corrected chi connectivity index (χ4v) is 1.87. The van der Waals surface area contributed by atoms with Crippen molar-refractivity contribution in [3.8, 4) is 0 Å². The van der Waals surface area contributed by atoms with Gasteiger partial charge in [-0.05, 0) is 25.5 Å². The smallest absolute Gasteiger partial charge is 0.227 e. The van der Waals surface area contributed by atoms with Crippen LogP contribution >= 0.6 is 0 Å². The molecule has 0 unspecified atom stereocenters. The van der Waals surface area contributed by atoms with Gasteiger partial charge in [0.05, 0.1) is 6.42 Å². The molecule has 0 atom stereocenters. The van der Waals surface area contributed by atoms with Gasteiger partial charge in [-0.3, -0.25) is 4.79 Å². The van der Waals surface area contributed by atoms with Crippen LogP contribution in [-0.4, -0.2) is 30.4 Å². The van der Waals surface area contributed by atoms with Crippen molar-refractivity contribution in [2.45, 2.75) is 26.2 Å². The van der Waals surface area contributed by atoms with Crippen molar-refractivity contribution in [2.24, 2.45) is 5.73 Å². The summed E-state index contributed by atoms with van der Waals surface area (Å²) in [5, 5.41) is 0. The third-order valence-electron chi connectivity index (χ3n) is 2.85. The summed E-state index contributed by atoms with van der Waals surface area (Å²) >= 11 is 0. The average molecular weight is 270 g/mol. The van der Waals surface area contributed by atoms with Gasteiger partial charge in [-0.25, -0.2) is 8.78 Å². The Balaban J connectivity index is 2.72. The normalized spacial score (nSPS) is 10.5. The van der Waals surface area contributed by atoms with Crippen molar-refractivity contribution in [3.05, 3.63) is 35.4 Å². The van der Waals surface area contributed by atoms with E-state index in [1.54, 1.807) is 4.90 Å². The molecule has 19 heavy (non-hydrogen) atoms. The zero-order valence-electron chi connectivity index (χ0n) is 11.2. The molecule has 0 spiro atoms. The molecule has 1 rings (SSSR count). The number of hydrogen-bond donors (Lipinski definition) is 1. The number of carbonyl (C=O) groups excluding carboxylic acids is 1. The second-order valence-corrected chi connectivity index (χ2v) is 4.41. The average Bonchev–Trinajstić information content (AvgIpc) is 2.39. The van der Waals surface area contributed by atoms with E-state index in [1.165, 1.54) is 12.1 Å². The van der Waals surface area contributed by atoms with Gasteiger partial charge in [-0.15, -0.1) is 0 Å². The monoisotopic (exact) mass is 270 g/mol. The SMILES string of the molecule is CCCN(CCCN)C(=O)Cc1cccc(F)c1F. The molecular formula is C14H20F2N2O. The molecule has 0 heterocycles. The highest BCUT2D eigenvalue weighted by molar-refractivity contribution is 5.78. The van der Waals surface area contributed by atoms with E-state index in [9.17, 15) is 13.6 Å². The summed E-state index contributed by atoms with van der Waals surface area (Å²) in [6.45, 7) is 3.63. The van der Waals surface area contributed by atoms with Crippen LogP contribution in [-0.2, 0) is 11.2 Å². The third kappa shape index (κ3) is 4.59. The van der Waals surface area contributed by atoms with E-state index in [4.69, 9.17) is 5.73 Å². The Morgan fingerprint density at radius 3 is 2.68 bits per heavy atom. The maximum absolute atomic E-state index is 13.5. The molecule has 0 aliphatic carbocycles. The second-order valence-electron chi connectivity index (χ2n) is 4.41. The lowest BCUT2D eigenvalue weighted by Crippen LogP contribution is -2.35. The van der Waals surface area contributed by atoms with Crippen LogP contribution in [0.4, 0.5) is 8.78 Å². The summed E-state index contributed by atoms with van der Waals surface area (Å²) in [5.74, 6) is -2.06. The summed E-state index contributed by atoms with van der Waals surface area (Å²) < 4.78 is 26.6. The summed E-state index contributed by atoms with van der Waals surface area (Å²) in [6.07, 6.45) is 1.41. The van der Waals surface area contributed by atoms with Gasteiger partial charge in [0.2, 0.25) is 5.91 Å². The Hall–Kier alpha value is -1.49. The predicted octanol–water partition coefficient (Wildman–Crippen LogP) is 2.09. The van der Waals surface area contributed by atoms with Gasteiger partial charge in [0.1, 0.15) is 0 Å². The maximum Gasteiger partial charge on any atom is 0.227 e. The minimum atomic E-state index is -0.939. The number of amides is 1. The lowest BCUT2D eigenvalue weighted by Gasteiger charge is -2.22. The molecule has 0 saturated heterocycles. The Morgan fingerprint density at radius 2 is 2.05 bits per heavy atom. The van der Waals surface area contributed by atoms with E-state index in [0.717, 1.165) is 12.5 Å². The quantitative estimate of drug-likeness (QED) is 0.824. The van der Waals surface area contributed by atoms with Crippen LogP contribution in [0.15, 0.2) is 18.2 Å². The first kappa shape index (κ1) is 15.6. The van der Waals surface area contributed by atoms with Crippen LogP contribution in [0.3, 0.4) is 0 Å². The zero-order chi connectivity index (χ0) is 14.3. The molecular weight excluding hydrogens is 250 g/mol. The van der Waals surface area contributed by atoms with Crippen molar-refractivity contribution >= 4 is 5.91 Å². The summed E-state index contributed by atoms with van der Waals surface area (Å²) in [5.41, 5.74) is 5.52. The highest BCUT2D eigenvalue weighted by Gasteiger charge is 2.16. The molecule has 1 aromatic rings. The Bertz CT molecular complexity index is 424. The fourth-order valence-electron chi connectivity index (χ4n) is 1.87. The molecule has 0 aliphatic heterocycles. The summed E-state index contributed by atoms with van der Waals surface area (Å²) in [4.78, 5) is 13.7. The van der Waals surface area contributed by atoms with Gasteiger partial charge in [-0.1, -0.05) is 19.1 Å². The molecule has 0 bridgehead atoms. The maximum atomic E-state index is 13.5. The van der Waals surface area contributed by atoms with Crippen LogP contribution in [0.1, 0.15) is 25.3 Å². The van der Waals surface area contributed by atoms with Crippen molar-refractivity contribution < 1.29 is 13.6 Å². The Morgan fingerprint density at radius 1 is 1.32 bits per heavy atom. The Labute approximate surface area is 112 Å². The van der Waals surface area contributed by atoms with Crippen LogP contribution in [0.25, 0.3) is 0 Å². The lowest BCUT2D eigenvalue weighted by molar-refractivity contribution is -0.130. The number of carbonyl (C=O) groups is 1. The number of benzene rings is 1.